The SMILES string of the molecule is O=C(O)CCCCCCCCCCCCCCCCCC(=O)N[C@@H](CCC(=O)NCCOCCOCC(=O)NCCOCCNC(=O)CI)C(=O)O. The molecule has 52 heavy (non-hydrogen) atoms. The Morgan fingerprint density at radius 3 is 1.38 bits per heavy atom. The Morgan fingerprint density at radius 1 is 0.481 bits per heavy atom. The van der Waals surface area contributed by atoms with Gasteiger partial charge in [-0.25, -0.2) is 4.79 Å². The molecule has 0 aromatic heterocycles. The summed E-state index contributed by atoms with van der Waals surface area (Å²) in [5.74, 6) is -2.88. The molecule has 0 aliphatic rings. The maximum Gasteiger partial charge on any atom is 0.326 e. The van der Waals surface area contributed by atoms with Crippen LogP contribution < -0.4 is 21.3 Å². The number of nitrogens with one attached hydrogen (secondary N) is 4. The molecular formula is C36H65IN4O11. The predicted octanol–water partition coefficient (Wildman–Crippen LogP) is 3.89. The Balaban J connectivity index is 3.66. The van der Waals surface area contributed by atoms with Crippen LogP contribution >= 0.6 is 22.6 Å². The van der Waals surface area contributed by atoms with Crippen LogP contribution in [0.15, 0.2) is 0 Å². The van der Waals surface area contributed by atoms with Crippen molar-refractivity contribution < 1.29 is 53.2 Å². The molecule has 0 spiro atoms. The van der Waals surface area contributed by atoms with Crippen molar-refractivity contribution in [3.8, 4) is 0 Å². The summed E-state index contributed by atoms with van der Waals surface area (Å²) in [6.45, 7) is 2.16. The van der Waals surface area contributed by atoms with Gasteiger partial charge < -0.3 is 45.7 Å². The number of aliphatic carboxylic acids is 2. The fourth-order valence-corrected chi connectivity index (χ4v) is 5.39. The van der Waals surface area contributed by atoms with E-state index in [0.717, 1.165) is 38.5 Å². The van der Waals surface area contributed by atoms with Gasteiger partial charge in [0.05, 0.1) is 37.5 Å². The van der Waals surface area contributed by atoms with E-state index in [1.807, 2.05) is 22.6 Å². The average Bonchev–Trinajstić information content (AvgIpc) is 3.11. The van der Waals surface area contributed by atoms with Crippen LogP contribution in [0.4, 0.5) is 0 Å². The first-order valence-electron chi connectivity index (χ1n) is 19.0. The number of hydrogen-bond acceptors (Lipinski definition) is 9. The average molecular weight is 857 g/mol. The van der Waals surface area contributed by atoms with Gasteiger partial charge >= 0.3 is 11.9 Å². The van der Waals surface area contributed by atoms with Crippen molar-refractivity contribution in [2.45, 2.75) is 128 Å². The van der Waals surface area contributed by atoms with E-state index in [2.05, 4.69) is 21.3 Å². The number of hydrogen-bond donors (Lipinski definition) is 6. The number of halogens is 1. The lowest BCUT2D eigenvalue weighted by Gasteiger charge is -2.14. The van der Waals surface area contributed by atoms with E-state index in [1.165, 1.54) is 51.4 Å². The quantitative estimate of drug-likeness (QED) is 0.0298. The molecule has 0 heterocycles. The van der Waals surface area contributed by atoms with Crippen molar-refractivity contribution in [3.05, 3.63) is 0 Å². The third-order valence-corrected chi connectivity index (χ3v) is 8.71. The second kappa shape index (κ2) is 36.8. The molecule has 302 valence electrons. The van der Waals surface area contributed by atoms with Gasteiger partial charge in [-0.15, -0.1) is 0 Å². The Kier molecular flexibility index (Phi) is 35.0. The zero-order valence-corrected chi connectivity index (χ0v) is 33.2. The van der Waals surface area contributed by atoms with Crippen LogP contribution in [0.1, 0.15) is 122 Å². The molecule has 0 aromatic carbocycles. The van der Waals surface area contributed by atoms with E-state index >= 15 is 0 Å². The molecule has 4 amide bonds. The van der Waals surface area contributed by atoms with Gasteiger partial charge in [0.1, 0.15) is 12.6 Å². The van der Waals surface area contributed by atoms with Crippen molar-refractivity contribution in [2.24, 2.45) is 0 Å². The number of amides is 4. The number of rotatable bonds is 38. The molecule has 0 fully saturated rings. The number of ether oxygens (including phenoxy) is 3. The van der Waals surface area contributed by atoms with Gasteiger partial charge in [-0.2, -0.15) is 0 Å². The van der Waals surface area contributed by atoms with Gasteiger partial charge in [0, 0.05) is 38.9 Å². The summed E-state index contributed by atoms with van der Waals surface area (Å²) in [6, 6.07) is -1.13. The van der Waals surface area contributed by atoms with Gasteiger partial charge in [-0.3, -0.25) is 24.0 Å². The van der Waals surface area contributed by atoms with E-state index in [1.54, 1.807) is 0 Å². The van der Waals surface area contributed by atoms with Crippen molar-refractivity contribution in [2.75, 3.05) is 63.7 Å². The van der Waals surface area contributed by atoms with E-state index in [4.69, 9.17) is 19.3 Å². The first-order chi connectivity index (χ1) is 25.1. The molecule has 0 rings (SSSR count). The molecule has 0 saturated carbocycles. The lowest BCUT2D eigenvalue weighted by molar-refractivity contribution is -0.142. The number of carboxylic acid groups (broad SMARTS) is 2. The van der Waals surface area contributed by atoms with Crippen LogP contribution in [0.5, 0.6) is 0 Å². The highest BCUT2D eigenvalue weighted by molar-refractivity contribution is 14.1. The van der Waals surface area contributed by atoms with Crippen LogP contribution in [0.3, 0.4) is 0 Å². The molecule has 0 radical (unpaired) electrons. The van der Waals surface area contributed by atoms with Gasteiger partial charge in [-0.1, -0.05) is 106 Å². The summed E-state index contributed by atoms with van der Waals surface area (Å²) in [6.07, 6.45) is 17.0. The Morgan fingerprint density at radius 2 is 0.904 bits per heavy atom. The number of carbonyl (C=O) groups excluding carboxylic acids is 4. The Labute approximate surface area is 323 Å². The number of alkyl halides is 1. The zero-order chi connectivity index (χ0) is 38.5. The van der Waals surface area contributed by atoms with Crippen LogP contribution in [-0.4, -0.2) is 116 Å². The van der Waals surface area contributed by atoms with Crippen molar-refractivity contribution in [1.82, 2.24) is 21.3 Å². The largest absolute Gasteiger partial charge is 0.481 e. The van der Waals surface area contributed by atoms with Gasteiger partial charge in [0.25, 0.3) is 0 Å². The molecule has 0 aliphatic heterocycles. The molecule has 0 unspecified atom stereocenters. The molecule has 15 nitrogen and oxygen atoms in total. The molecular weight excluding hydrogens is 791 g/mol. The van der Waals surface area contributed by atoms with Crippen LogP contribution in [0.25, 0.3) is 0 Å². The first-order valence-corrected chi connectivity index (χ1v) is 20.5. The maximum absolute atomic E-state index is 12.3. The number of carboxylic acids is 2. The summed E-state index contributed by atoms with van der Waals surface area (Å²) in [5, 5.41) is 28.6. The summed E-state index contributed by atoms with van der Waals surface area (Å²) >= 11 is 1.97. The molecule has 0 aromatic rings. The summed E-state index contributed by atoms with van der Waals surface area (Å²) < 4.78 is 16.3. The van der Waals surface area contributed by atoms with Crippen LogP contribution in [0, 0.1) is 0 Å². The normalized spacial score (nSPS) is 11.5. The van der Waals surface area contributed by atoms with E-state index < -0.39 is 18.0 Å². The van der Waals surface area contributed by atoms with Gasteiger partial charge in [0.2, 0.25) is 23.6 Å². The highest BCUT2D eigenvalue weighted by Gasteiger charge is 2.20. The lowest BCUT2D eigenvalue weighted by Crippen LogP contribution is -2.41. The van der Waals surface area contributed by atoms with Gasteiger partial charge in [-0.05, 0) is 19.3 Å². The first kappa shape index (κ1) is 49.4. The van der Waals surface area contributed by atoms with Crippen molar-refractivity contribution >= 4 is 58.2 Å². The predicted molar refractivity (Wildman–Crippen MR) is 205 cm³/mol. The minimum absolute atomic E-state index is 0.0126. The van der Waals surface area contributed by atoms with Crippen LogP contribution in [0.2, 0.25) is 0 Å². The Bertz CT molecular complexity index is 975. The van der Waals surface area contributed by atoms with Crippen molar-refractivity contribution in [1.29, 1.82) is 0 Å². The zero-order valence-electron chi connectivity index (χ0n) is 31.0. The Hall–Kier alpha value is -2.57. The summed E-state index contributed by atoms with van der Waals surface area (Å²) in [5.41, 5.74) is 0. The third kappa shape index (κ3) is 35.8. The summed E-state index contributed by atoms with van der Waals surface area (Å²) in [7, 11) is 0. The molecule has 0 saturated heterocycles. The minimum atomic E-state index is -1.17. The topological polar surface area (TPSA) is 219 Å². The van der Waals surface area contributed by atoms with Crippen LogP contribution in [-0.2, 0) is 43.0 Å². The molecule has 0 aliphatic carbocycles. The fourth-order valence-electron chi connectivity index (χ4n) is 5.12. The second-order valence-electron chi connectivity index (χ2n) is 12.7. The maximum atomic E-state index is 12.3. The smallest absolute Gasteiger partial charge is 0.326 e. The van der Waals surface area contributed by atoms with E-state index in [-0.39, 0.29) is 82.3 Å². The van der Waals surface area contributed by atoms with E-state index in [0.29, 0.717) is 37.2 Å². The lowest BCUT2D eigenvalue weighted by atomic mass is 10.0. The highest BCUT2D eigenvalue weighted by atomic mass is 127. The molecule has 1 atom stereocenters. The van der Waals surface area contributed by atoms with Crippen molar-refractivity contribution in [3.63, 3.8) is 0 Å². The van der Waals surface area contributed by atoms with E-state index in [9.17, 15) is 33.9 Å². The second-order valence-corrected chi connectivity index (χ2v) is 13.4. The monoisotopic (exact) mass is 856 g/mol. The highest BCUT2D eigenvalue weighted by Crippen LogP contribution is 2.14. The fraction of sp³-hybridized carbons (Fsp3) is 0.833. The molecule has 6 N–H and O–H groups in total. The third-order valence-electron chi connectivity index (χ3n) is 8.02. The van der Waals surface area contributed by atoms with Gasteiger partial charge in [0.15, 0.2) is 0 Å². The molecule has 0 bridgehead atoms. The number of carbonyl (C=O) groups is 6. The standard InChI is InChI=1S/C36H65IN4O11/c37-28-33(44)39-21-23-50-24-22-40-34(45)29-52-27-26-51-25-20-38-31(42)19-18-30(36(48)49)41-32(43)16-14-12-10-8-6-4-2-1-3-5-7-9-11-13-15-17-35(46)47/h30H,1-29H2,(H,38,42)(H,39,44)(H,40,45)(H,41,43)(H,46,47)(H,48,49)/t30-/m0/s1. The summed E-state index contributed by atoms with van der Waals surface area (Å²) in [4.78, 5) is 69.4. The minimum Gasteiger partial charge on any atom is -0.481 e. The number of unbranched alkanes of at least 4 members (excludes halogenated alkanes) is 14. The molecule has 16 heteroatoms.